The number of rotatable bonds is 3. The van der Waals surface area contributed by atoms with Crippen molar-refractivity contribution in [1.29, 1.82) is 0 Å². The summed E-state index contributed by atoms with van der Waals surface area (Å²) in [4.78, 5) is 4.11. The second kappa shape index (κ2) is 4.83. The molecule has 16 heavy (non-hydrogen) atoms. The van der Waals surface area contributed by atoms with Crippen molar-refractivity contribution in [3.63, 3.8) is 0 Å². The standard InChI is InChI=1S/C13H20N2O/c1-3-13(2)9-11(6-8-16-13)15-12-5-4-7-14-10-12/h4-5,7,10-11,15H,3,6,8-9H2,1-2H3. The van der Waals surface area contributed by atoms with Gasteiger partial charge in [0.05, 0.1) is 11.3 Å². The van der Waals surface area contributed by atoms with Crippen LogP contribution in [-0.4, -0.2) is 23.2 Å². The Morgan fingerprint density at radius 3 is 3.19 bits per heavy atom. The smallest absolute Gasteiger partial charge is 0.0671 e. The Kier molecular flexibility index (Phi) is 3.44. The molecule has 0 bridgehead atoms. The van der Waals surface area contributed by atoms with Crippen molar-refractivity contribution < 1.29 is 4.74 Å². The van der Waals surface area contributed by atoms with Crippen LogP contribution in [0.3, 0.4) is 0 Å². The third-order valence-corrected chi connectivity index (χ3v) is 3.38. The van der Waals surface area contributed by atoms with E-state index in [-0.39, 0.29) is 5.60 Å². The van der Waals surface area contributed by atoms with Gasteiger partial charge in [0.2, 0.25) is 0 Å². The lowest BCUT2D eigenvalue weighted by molar-refractivity contribution is -0.0708. The van der Waals surface area contributed by atoms with E-state index in [1.165, 1.54) is 0 Å². The molecule has 88 valence electrons. The first-order chi connectivity index (χ1) is 7.72. The lowest BCUT2D eigenvalue weighted by Gasteiger charge is -2.38. The fourth-order valence-electron chi connectivity index (χ4n) is 2.18. The van der Waals surface area contributed by atoms with Crippen molar-refractivity contribution in [3.05, 3.63) is 24.5 Å². The summed E-state index contributed by atoms with van der Waals surface area (Å²) in [7, 11) is 0. The quantitative estimate of drug-likeness (QED) is 0.850. The minimum Gasteiger partial charge on any atom is -0.381 e. The third-order valence-electron chi connectivity index (χ3n) is 3.38. The highest BCUT2D eigenvalue weighted by Gasteiger charge is 2.31. The Morgan fingerprint density at radius 2 is 2.50 bits per heavy atom. The number of hydrogen-bond acceptors (Lipinski definition) is 3. The van der Waals surface area contributed by atoms with Crippen molar-refractivity contribution in [2.45, 2.75) is 44.8 Å². The van der Waals surface area contributed by atoms with E-state index in [2.05, 4.69) is 30.2 Å². The Morgan fingerprint density at radius 1 is 1.62 bits per heavy atom. The fourth-order valence-corrected chi connectivity index (χ4v) is 2.18. The van der Waals surface area contributed by atoms with Gasteiger partial charge in [-0.1, -0.05) is 6.92 Å². The molecule has 2 unspecified atom stereocenters. The van der Waals surface area contributed by atoms with Crippen molar-refractivity contribution in [3.8, 4) is 0 Å². The Balaban J connectivity index is 1.96. The van der Waals surface area contributed by atoms with Gasteiger partial charge < -0.3 is 10.1 Å². The maximum Gasteiger partial charge on any atom is 0.0671 e. The van der Waals surface area contributed by atoms with Crippen LogP contribution in [0.25, 0.3) is 0 Å². The summed E-state index contributed by atoms with van der Waals surface area (Å²) in [6.45, 7) is 5.23. The molecule has 3 nitrogen and oxygen atoms in total. The molecule has 1 saturated heterocycles. The van der Waals surface area contributed by atoms with E-state index < -0.39 is 0 Å². The van der Waals surface area contributed by atoms with E-state index in [9.17, 15) is 0 Å². The van der Waals surface area contributed by atoms with E-state index in [0.29, 0.717) is 6.04 Å². The zero-order valence-electron chi connectivity index (χ0n) is 10.1. The fraction of sp³-hybridized carbons (Fsp3) is 0.615. The van der Waals surface area contributed by atoms with Crippen molar-refractivity contribution in [2.75, 3.05) is 11.9 Å². The average molecular weight is 220 g/mol. The zero-order chi connectivity index (χ0) is 11.4. The Labute approximate surface area is 97.2 Å². The molecule has 1 N–H and O–H groups in total. The van der Waals surface area contributed by atoms with Crippen LogP contribution in [0.5, 0.6) is 0 Å². The minimum absolute atomic E-state index is 0.0398. The highest BCUT2D eigenvalue weighted by atomic mass is 16.5. The van der Waals surface area contributed by atoms with Gasteiger partial charge in [0.25, 0.3) is 0 Å². The number of aromatic nitrogens is 1. The third kappa shape index (κ3) is 2.73. The second-order valence-electron chi connectivity index (χ2n) is 4.73. The van der Waals surface area contributed by atoms with Crippen molar-refractivity contribution in [2.24, 2.45) is 0 Å². The average Bonchev–Trinajstić information content (AvgIpc) is 2.30. The number of ether oxygens (including phenoxy) is 1. The highest BCUT2D eigenvalue weighted by Crippen LogP contribution is 2.29. The van der Waals surface area contributed by atoms with Gasteiger partial charge in [-0.3, -0.25) is 4.98 Å². The molecule has 0 radical (unpaired) electrons. The zero-order valence-corrected chi connectivity index (χ0v) is 10.1. The van der Waals surface area contributed by atoms with Crippen LogP contribution in [0.4, 0.5) is 5.69 Å². The number of nitrogens with zero attached hydrogens (tertiary/aromatic N) is 1. The van der Waals surface area contributed by atoms with Crippen LogP contribution in [0.15, 0.2) is 24.5 Å². The summed E-state index contributed by atoms with van der Waals surface area (Å²) >= 11 is 0. The molecule has 0 aromatic carbocycles. The summed E-state index contributed by atoms with van der Waals surface area (Å²) in [6.07, 6.45) is 6.88. The highest BCUT2D eigenvalue weighted by molar-refractivity contribution is 5.40. The van der Waals surface area contributed by atoms with Gasteiger partial charge in [0.15, 0.2) is 0 Å². The van der Waals surface area contributed by atoms with E-state index >= 15 is 0 Å². The molecular weight excluding hydrogens is 200 g/mol. The van der Waals surface area contributed by atoms with Crippen LogP contribution in [0.2, 0.25) is 0 Å². The number of hydrogen-bond donors (Lipinski definition) is 1. The monoisotopic (exact) mass is 220 g/mol. The Bertz CT molecular complexity index is 328. The second-order valence-corrected chi connectivity index (χ2v) is 4.73. The van der Waals surface area contributed by atoms with Crippen LogP contribution in [-0.2, 0) is 4.74 Å². The van der Waals surface area contributed by atoms with Crippen molar-refractivity contribution in [1.82, 2.24) is 4.98 Å². The van der Waals surface area contributed by atoms with Crippen molar-refractivity contribution >= 4 is 5.69 Å². The number of anilines is 1. The maximum absolute atomic E-state index is 5.83. The largest absolute Gasteiger partial charge is 0.381 e. The molecule has 1 aliphatic heterocycles. The topological polar surface area (TPSA) is 34.2 Å². The summed E-state index contributed by atoms with van der Waals surface area (Å²) in [5.41, 5.74) is 1.14. The molecule has 1 fully saturated rings. The van der Waals surface area contributed by atoms with Gasteiger partial charge in [-0.2, -0.15) is 0 Å². The predicted molar refractivity (Wildman–Crippen MR) is 65.5 cm³/mol. The molecule has 0 aliphatic carbocycles. The minimum atomic E-state index is 0.0398. The molecule has 2 heterocycles. The van der Waals surface area contributed by atoms with Gasteiger partial charge in [0, 0.05) is 25.0 Å². The van der Waals surface area contributed by atoms with E-state index in [0.717, 1.165) is 31.6 Å². The molecule has 0 amide bonds. The molecule has 1 aliphatic rings. The predicted octanol–water partition coefficient (Wildman–Crippen LogP) is 2.84. The molecule has 2 atom stereocenters. The van der Waals surface area contributed by atoms with E-state index in [4.69, 9.17) is 4.74 Å². The molecule has 0 saturated carbocycles. The molecule has 0 spiro atoms. The van der Waals surface area contributed by atoms with E-state index in [1.54, 1.807) is 6.20 Å². The first-order valence-electron chi connectivity index (χ1n) is 6.02. The number of nitrogens with one attached hydrogen (secondary N) is 1. The van der Waals surface area contributed by atoms with Gasteiger partial charge in [0.1, 0.15) is 0 Å². The summed E-state index contributed by atoms with van der Waals surface area (Å²) in [5, 5.41) is 3.53. The first kappa shape index (κ1) is 11.4. The molecule has 2 rings (SSSR count). The summed E-state index contributed by atoms with van der Waals surface area (Å²) in [6, 6.07) is 4.52. The van der Waals surface area contributed by atoms with Gasteiger partial charge in [-0.15, -0.1) is 0 Å². The van der Waals surface area contributed by atoms with Crippen LogP contribution in [0.1, 0.15) is 33.1 Å². The molecule has 3 heteroatoms. The van der Waals surface area contributed by atoms with Crippen LogP contribution >= 0.6 is 0 Å². The van der Waals surface area contributed by atoms with Gasteiger partial charge >= 0.3 is 0 Å². The lowest BCUT2D eigenvalue weighted by atomic mass is 9.90. The van der Waals surface area contributed by atoms with Gasteiger partial charge in [-0.25, -0.2) is 0 Å². The summed E-state index contributed by atoms with van der Waals surface area (Å²) in [5.74, 6) is 0. The molecule has 1 aromatic rings. The maximum atomic E-state index is 5.83. The lowest BCUT2D eigenvalue weighted by Crippen LogP contribution is -2.41. The number of pyridine rings is 1. The first-order valence-corrected chi connectivity index (χ1v) is 6.02. The normalized spacial score (nSPS) is 30.0. The van der Waals surface area contributed by atoms with Crippen LogP contribution < -0.4 is 5.32 Å². The summed E-state index contributed by atoms with van der Waals surface area (Å²) < 4.78 is 5.83. The SMILES string of the molecule is CCC1(C)CC(Nc2cccnc2)CCO1. The Hall–Kier alpha value is -1.09. The molecule has 1 aromatic heterocycles. The van der Waals surface area contributed by atoms with E-state index in [1.807, 2.05) is 12.3 Å². The molecular formula is C13H20N2O. The van der Waals surface area contributed by atoms with Gasteiger partial charge in [-0.05, 0) is 38.3 Å². The van der Waals surface area contributed by atoms with Crippen LogP contribution in [0, 0.1) is 0 Å².